The van der Waals surface area contributed by atoms with E-state index in [4.69, 9.17) is 14.1 Å². The molecule has 4 aromatic heterocycles. The van der Waals surface area contributed by atoms with Crippen LogP contribution in [0.5, 0.6) is 11.6 Å². The van der Waals surface area contributed by atoms with Gasteiger partial charge in [0.15, 0.2) is 0 Å². The van der Waals surface area contributed by atoms with Gasteiger partial charge in [-0.2, -0.15) is 6.07 Å². The van der Waals surface area contributed by atoms with Crippen molar-refractivity contribution in [2.75, 3.05) is 0 Å². The van der Waals surface area contributed by atoms with Crippen LogP contribution in [-0.2, 0) is 21.1 Å². The van der Waals surface area contributed by atoms with Gasteiger partial charge in [0.05, 0.1) is 5.58 Å². The summed E-state index contributed by atoms with van der Waals surface area (Å²) in [5.41, 5.74) is 6.25. The molecule has 0 aliphatic carbocycles. The minimum Gasteiger partial charge on any atom is -0.501 e. The number of rotatable bonds is 5. The van der Waals surface area contributed by atoms with Crippen LogP contribution < -0.4 is 4.74 Å². The van der Waals surface area contributed by atoms with E-state index >= 15 is 0 Å². The van der Waals surface area contributed by atoms with Gasteiger partial charge in [-0.3, -0.25) is 4.98 Å². The van der Waals surface area contributed by atoms with Gasteiger partial charge in [-0.15, -0.1) is 35.7 Å². The molecule has 0 bridgehead atoms. The summed E-state index contributed by atoms with van der Waals surface area (Å²) in [5.74, 6) is 2.16. The number of hydrogen-bond acceptors (Lipinski definition) is 4. The van der Waals surface area contributed by atoms with Crippen molar-refractivity contribution in [3.63, 3.8) is 0 Å². The van der Waals surface area contributed by atoms with Gasteiger partial charge in [-0.25, -0.2) is 4.98 Å². The van der Waals surface area contributed by atoms with Gasteiger partial charge in [0.2, 0.25) is 5.88 Å². The Labute approximate surface area is 263 Å². The van der Waals surface area contributed by atoms with E-state index in [1.54, 1.807) is 6.20 Å². The average molecular weight is 739 g/mol. The largest absolute Gasteiger partial charge is 2.00 e. The van der Waals surface area contributed by atoms with Gasteiger partial charge in [-0.05, 0) is 46.8 Å². The van der Waals surface area contributed by atoms with Crippen LogP contribution in [0.15, 0.2) is 114 Å². The van der Waals surface area contributed by atoms with Gasteiger partial charge in [-0.1, -0.05) is 78.8 Å². The molecule has 8 aromatic rings. The van der Waals surface area contributed by atoms with Crippen molar-refractivity contribution in [2.45, 2.75) is 19.8 Å². The third-order valence-electron chi connectivity index (χ3n) is 7.74. The van der Waals surface area contributed by atoms with E-state index in [1.807, 2.05) is 66.7 Å². The molecule has 4 aromatic carbocycles. The van der Waals surface area contributed by atoms with Crippen LogP contribution in [0.1, 0.15) is 25.3 Å². The zero-order chi connectivity index (χ0) is 28.2. The molecule has 0 aliphatic heterocycles. The first-order valence-corrected chi connectivity index (χ1v) is 14.0. The molecular weight excluding hydrogens is 714 g/mol. The van der Waals surface area contributed by atoms with E-state index in [9.17, 15) is 0 Å². The van der Waals surface area contributed by atoms with E-state index in [-0.39, 0.29) is 27.0 Å². The maximum Gasteiger partial charge on any atom is 2.00 e. The second-order valence-corrected chi connectivity index (χ2v) is 10.7. The Kier molecular flexibility index (Phi) is 6.83. The topological polar surface area (TPSA) is 53.1 Å². The van der Waals surface area contributed by atoms with Crippen molar-refractivity contribution in [3.05, 3.63) is 127 Å². The molecule has 0 saturated heterocycles. The smallest absolute Gasteiger partial charge is 0.501 e. The molecule has 0 fully saturated rings. The molecule has 0 amide bonds. The Hall–Kier alpha value is -4.73. The predicted octanol–water partition coefficient (Wildman–Crippen LogP) is 9.65. The minimum atomic E-state index is 0. The number of para-hydroxylation sites is 2. The minimum absolute atomic E-state index is 0. The fourth-order valence-corrected chi connectivity index (χ4v) is 5.69. The molecule has 0 atom stereocenters. The van der Waals surface area contributed by atoms with E-state index in [0.29, 0.717) is 11.6 Å². The fourth-order valence-electron chi connectivity index (χ4n) is 5.69. The maximum atomic E-state index is 6.45. The number of pyridine rings is 2. The van der Waals surface area contributed by atoms with E-state index in [0.717, 1.165) is 66.4 Å². The SMILES string of the molecule is CC(C)c1cc(Oc2[c-]c3c(cc2)c2ccccc2n3-c2ccccn2)nc(-c2[c-]ccc3c2oc2ccccc23)c1.[Pt+2]. The van der Waals surface area contributed by atoms with Gasteiger partial charge in [0.1, 0.15) is 11.4 Å². The molecule has 0 aliphatic rings. The Balaban J connectivity index is 0.00000300. The van der Waals surface area contributed by atoms with Crippen molar-refractivity contribution in [2.24, 2.45) is 0 Å². The van der Waals surface area contributed by atoms with Gasteiger partial charge in [0.25, 0.3) is 0 Å². The second-order valence-electron chi connectivity index (χ2n) is 10.7. The van der Waals surface area contributed by atoms with Crippen molar-refractivity contribution in [3.8, 4) is 28.7 Å². The molecule has 0 spiro atoms. The summed E-state index contributed by atoms with van der Waals surface area (Å²) in [6.45, 7) is 4.33. The summed E-state index contributed by atoms with van der Waals surface area (Å²) in [6, 6.07) is 41.3. The number of hydrogen-bond donors (Lipinski definition) is 0. The molecule has 0 unspecified atom stereocenters. The Bertz CT molecular complexity index is 2270. The van der Waals surface area contributed by atoms with Gasteiger partial charge in [0, 0.05) is 28.9 Å². The molecule has 210 valence electrons. The number of benzene rings is 4. The van der Waals surface area contributed by atoms with Crippen molar-refractivity contribution in [1.29, 1.82) is 0 Å². The molecule has 5 nitrogen and oxygen atoms in total. The zero-order valence-electron chi connectivity index (χ0n) is 23.4. The Morgan fingerprint density at radius 2 is 1.63 bits per heavy atom. The van der Waals surface area contributed by atoms with E-state index < -0.39 is 0 Å². The first-order valence-electron chi connectivity index (χ1n) is 14.0. The third-order valence-corrected chi connectivity index (χ3v) is 7.74. The van der Waals surface area contributed by atoms with Crippen LogP contribution in [0.25, 0.3) is 60.8 Å². The molecule has 4 heterocycles. The molecule has 0 radical (unpaired) electrons. The zero-order valence-corrected chi connectivity index (χ0v) is 25.7. The van der Waals surface area contributed by atoms with Crippen LogP contribution in [0.2, 0.25) is 0 Å². The van der Waals surface area contributed by atoms with Crippen LogP contribution in [0.4, 0.5) is 0 Å². The average Bonchev–Trinajstić information content (AvgIpc) is 3.57. The molecule has 8 rings (SSSR count). The van der Waals surface area contributed by atoms with Crippen molar-refractivity contribution < 1.29 is 30.2 Å². The second kappa shape index (κ2) is 10.8. The van der Waals surface area contributed by atoms with E-state index in [1.165, 1.54) is 0 Å². The quantitative estimate of drug-likeness (QED) is 0.165. The summed E-state index contributed by atoms with van der Waals surface area (Å²) in [4.78, 5) is 9.58. The number of fused-ring (bicyclic) bond motifs is 6. The van der Waals surface area contributed by atoms with Crippen LogP contribution in [-0.4, -0.2) is 14.5 Å². The van der Waals surface area contributed by atoms with Crippen LogP contribution >= 0.6 is 0 Å². The molecular formula is C37H25N3O2Pt. The first kappa shape index (κ1) is 27.1. The fraction of sp³-hybridized carbons (Fsp3) is 0.0811. The summed E-state index contributed by atoms with van der Waals surface area (Å²) >= 11 is 0. The number of ether oxygens (including phenoxy) is 1. The standard InChI is InChI=1S/C37H25N3O2.Pt/c1-23(2)24-20-31(30-13-9-12-29-28-11-4-6-15-34(28)42-37(29)30)39-36(21-24)41-25-17-18-27-26-10-3-5-14-32(26)40(33(27)22-25)35-16-7-8-19-38-35;/h3-12,14-21,23H,1-2H3;/q-2;+2. The summed E-state index contributed by atoms with van der Waals surface area (Å²) < 4.78 is 14.9. The van der Waals surface area contributed by atoms with Crippen molar-refractivity contribution in [1.82, 2.24) is 14.5 Å². The normalized spacial score (nSPS) is 11.5. The Morgan fingerprint density at radius 3 is 2.47 bits per heavy atom. The number of aromatic nitrogens is 3. The van der Waals surface area contributed by atoms with Crippen LogP contribution in [0, 0.1) is 12.1 Å². The summed E-state index contributed by atoms with van der Waals surface area (Å²) in [7, 11) is 0. The van der Waals surface area contributed by atoms with E-state index in [2.05, 4.69) is 71.9 Å². The monoisotopic (exact) mass is 738 g/mol. The van der Waals surface area contributed by atoms with Gasteiger partial charge >= 0.3 is 21.1 Å². The third kappa shape index (κ3) is 4.61. The number of furan rings is 1. The predicted molar refractivity (Wildman–Crippen MR) is 167 cm³/mol. The first-order chi connectivity index (χ1) is 20.6. The molecule has 0 saturated carbocycles. The van der Waals surface area contributed by atoms with Crippen molar-refractivity contribution >= 4 is 43.7 Å². The molecule has 6 heteroatoms. The summed E-state index contributed by atoms with van der Waals surface area (Å²) in [6.07, 6.45) is 1.80. The molecule has 0 N–H and O–H groups in total. The summed E-state index contributed by atoms with van der Waals surface area (Å²) in [5, 5.41) is 4.34. The Morgan fingerprint density at radius 1 is 0.814 bits per heavy atom. The van der Waals surface area contributed by atoms with Crippen LogP contribution in [0.3, 0.4) is 0 Å². The maximum absolute atomic E-state index is 6.45. The number of nitrogens with zero attached hydrogens (tertiary/aromatic N) is 3. The molecule has 43 heavy (non-hydrogen) atoms. The van der Waals surface area contributed by atoms with Gasteiger partial charge < -0.3 is 13.7 Å².